The highest BCUT2D eigenvalue weighted by Gasteiger charge is 2.26. The van der Waals surface area contributed by atoms with Crippen molar-refractivity contribution in [3.8, 4) is 0 Å². The molecule has 0 radical (unpaired) electrons. The van der Waals surface area contributed by atoms with Gasteiger partial charge in [0.2, 0.25) is 0 Å². The van der Waals surface area contributed by atoms with Crippen molar-refractivity contribution in [2.75, 3.05) is 0 Å². The zero-order chi connectivity index (χ0) is 12.3. The number of aliphatic carboxylic acids is 2. The predicted octanol–water partition coefficient (Wildman–Crippen LogP) is 1.81. The molecule has 0 aromatic heterocycles. The van der Waals surface area contributed by atoms with Crippen molar-refractivity contribution in [2.45, 2.75) is 6.42 Å². The highest BCUT2D eigenvalue weighted by atomic mass is 35.5. The predicted molar refractivity (Wildman–Crippen MR) is 53.9 cm³/mol. The molecule has 0 saturated carbocycles. The summed E-state index contributed by atoms with van der Waals surface area (Å²) in [6.45, 7) is 0. The van der Waals surface area contributed by atoms with Gasteiger partial charge in [-0.25, -0.2) is 4.39 Å². The number of rotatable bonds is 4. The second kappa shape index (κ2) is 4.94. The highest BCUT2D eigenvalue weighted by molar-refractivity contribution is 6.30. The van der Waals surface area contributed by atoms with Crippen LogP contribution < -0.4 is 0 Å². The van der Waals surface area contributed by atoms with Gasteiger partial charge in [0, 0.05) is 0 Å². The van der Waals surface area contributed by atoms with Gasteiger partial charge in [0.15, 0.2) is 5.92 Å². The summed E-state index contributed by atoms with van der Waals surface area (Å²) < 4.78 is 12.8. The first kappa shape index (κ1) is 12.4. The van der Waals surface area contributed by atoms with E-state index in [2.05, 4.69) is 0 Å². The van der Waals surface area contributed by atoms with Crippen LogP contribution >= 0.6 is 11.6 Å². The summed E-state index contributed by atoms with van der Waals surface area (Å²) in [6, 6.07) is 3.59. The van der Waals surface area contributed by atoms with Gasteiger partial charge in [-0.05, 0) is 24.1 Å². The lowest BCUT2D eigenvalue weighted by molar-refractivity contribution is -0.154. The van der Waals surface area contributed by atoms with Gasteiger partial charge in [0.05, 0.1) is 5.02 Å². The summed E-state index contributed by atoms with van der Waals surface area (Å²) in [5.41, 5.74) is 0.362. The molecular weight excluding hydrogens is 239 g/mol. The van der Waals surface area contributed by atoms with Gasteiger partial charge in [-0.1, -0.05) is 17.7 Å². The van der Waals surface area contributed by atoms with Gasteiger partial charge >= 0.3 is 11.9 Å². The van der Waals surface area contributed by atoms with Gasteiger partial charge in [-0.2, -0.15) is 0 Å². The molecule has 0 amide bonds. The van der Waals surface area contributed by atoms with Crippen LogP contribution in [0, 0.1) is 11.7 Å². The molecule has 6 heteroatoms. The Hall–Kier alpha value is -1.62. The van der Waals surface area contributed by atoms with Crippen molar-refractivity contribution < 1.29 is 24.2 Å². The van der Waals surface area contributed by atoms with Crippen LogP contribution in [0.25, 0.3) is 0 Å². The zero-order valence-electron chi connectivity index (χ0n) is 7.98. The lowest BCUT2D eigenvalue weighted by Gasteiger charge is -2.07. The summed E-state index contributed by atoms with van der Waals surface area (Å²) in [6.07, 6.45) is -0.231. The van der Waals surface area contributed by atoms with Crippen LogP contribution in [-0.2, 0) is 16.0 Å². The normalized spacial score (nSPS) is 10.4. The Morgan fingerprint density at radius 3 is 2.31 bits per heavy atom. The molecule has 0 saturated heterocycles. The third-order valence-corrected chi connectivity index (χ3v) is 2.31. The molecule has 0 unspecified atom stereocenters. The molecule has 1 aromatic carbocycles. The molecule has 0 spiro atoms. The van der Waals surface area contributed by atoms with E-state index in [0.29, 0.717) is 5.56 Å². The standard InChI is InChI=1S/C10H8ClFO4/c11-7-4-5(1-2-8(7)12)3-6(9(13)14)10(15)16/h1-2,4,6H,3H2,(H,13,14)(H,15,16). The number of hydrogen-bond acceptors (Lipinski definition) is 2. The maximum Gasteiger partial charge on any atom is 0.318 e. The van der Waals surface area contributed by atoms with E-state index in [1.807, 2.05) is 0 Å². The maximum absolute atomic E-state index is 12.8. The van der Waals surface area contributed by atoms with Crippen LogP contribution in [-0.4, -0.2) is 22.2 Å². The third-order valence-electron chi connectivity index (χ3n) is 2.02. The summed E-state index contributed by atoms with van der Waals surface area (Å²) in [5, 5.41) is 17.1. The van der Waals surface area contributed by atoms with Crippen LogP contribution in [0.4, 0.5) is 4.39 Å². The molecule has 0 atom stereocenters. The van der Waals surface area contributed by atoms with Crippen molar-refractivity contribution in [3.05, 3.63) is 34.6 Å². The van der Waals surface area contributed by atoms with E-state index in [-0.39, 0.29) is 11.4 Å². The van der Waals surface area contributed by atoms with Gasteiger partial charge in [-0.15, -0.1) is 0 Å². The van der Waals surface area contributed by atoms with Crippen molar-refractivity contribution in [2.24, 2.45) is 5.92 Å². The van der Waals surface area contributed by atoms with Gasteiger partial charge in [-0.3, -0.25) is 9.59 Å². The Kier molecular flexibility index (Phi) is 3.84. The van der Waals surface area contributed by atoms with Crippen LogP contribution in [0.3, 0.4) is 0 Å². The summed E-state index contributed by atoms with van der Waals surface area (Å²) in [4.78, 5) is 21.2. The molecule has 16 heavy (non-hydrogen) atoms. The number of carboxylic acid groups (broad SMARTS) is 2. The fourth-order valence-electron chi connectivity index (χ4n) is 1.18. The second-order valence-electron chi connectivity index (χ2n) is 3.18. The van der Waals surface area contributed by atoms with Crippen LogP contribution in [0.5, 0.6) is 0 Å². The molecule has 86 valence electrons. The summed E-state index contributed by atoms with van der Waals surface area (Å²) >= 11 is 5.49. The first-order chi connectivity index (χ1) is 7.41. The quantitative estimate of drug-likeness (QED) is 0.795. The molecule has 0 aliphatic carbocycles. The van der Waals surface area contributed by atoms with Gasteiger partial charge in [0.1, 0.15) is 5.82 Å². The van der Waals surface area contributed by atoms with Crippen LogP contribution in [0.15, 0.2) is 18.2 Å². The molecule has 0 heterocycles. The zero-order valence-corrected chi connectivity index (χ0v) is 8.74. The molecule has 2 N–H and O–H groups in total. The van der Waals surface area contributed by atoms with E-state index in [9.17, 15) is 14.0 Å². The number of halogens is 2. The maximum atomic E-state index is 12.8. The Morgan fingerprint density at radius 2 is 1.88 bits per heavy atom. The Labute approximate surface area is 95.3 Å². The van der Waals surface area contributed by atoms with E-state index in [1.54, 1.807) is 0 Å². The topological polar surface area (TPSA) is 74.6 Å². The van der Waals surface area contributed by atoms with E-state index >= 15 is 0 Å². The Morgan fingerprint density at radius 1 is 1.31 bits per heavy atom. The fraction of sp³-hybridized carbons (Fsp3) is 0.200. The molecule has 0 bridgehead atoms. The smallest absolute Gasteiger partial charge is 0.318 e. The highest BCUT2D eigenvalue weighted by Crippen LogP contribution is 2.18. The van der Waals surface area contributed by atoms with E-state index in [4.69, 9.17) is 21.8 Å². The minimum atomic E-state index is -1.55. The fourth-order valence-corrected chi connectivity index (χ4v) is 1.39. The SMILES string of the molecule is O=C(O)C(Cc1ccc(F)c(Cl)c1)C(=O)O. The Balaban J connectivity index is 2.90. The van der Waals surface area contributed by atoms with E-state index in [1.165, 1.54) is 12.1 Å². The Bertz CT molecular complexity index is 419. The number of hydrogen-bond donors (Lipinski definition) is 2. The lowest BCUT2D eigenvalue weighted by Crippen LogP contribution is -2.25. The van der Waals surface area contributed by atoms with Crippen LogP contribution in [0.1, 0.15) is 5.56 Å². The molecule has 1 aromatic rings. The number of benzene rings is 1. The largest absolute Gasteiger partial charge is 0.481 e. The average molecular weight is 247 g/mol. The van der Waals surface area contributed by atoms with Crippen molar-refractivity contribution in [1.29, 1.82) is 0 Å². The minimum absolute atomic E-state index is 0.160. The molecule has 1 rings (SSSR count). The van der Waals surface area contributed by atoms with Gasteiger partial charge in [0.25, 0.3) is 0 Å². The molecule has 4 nitrogen and oxygen atoms in total. The number of carbonyl (C=O) groups is 2. The first-order valence-corrected chi connectivity index (χ1v) is 4.69. The monoisotopic (exact) mass is 246 g/mol. The van der Waals surface area contributed by atoms with Crippen molar-refractivity contribution >= 4 is 23.5 Å². The van der Waals surface area contributed by atoms with Gasteiger partial charge < -0.3 is 10.2 Å². The second-order valence-corrected chi connectivity index (χ2v) is 3.59. The molecule has 0 fully saturated rings. The van der Waals surface area contributed by atoms with E-state index in [0.717, 1.165) is 6.07 Å². The first-order valence-electron chi connectivity index (χ1n) is 4.31. The summed E-state index contributed by atoms with van der Waals surface area (Å²) in [7, 11) is 0. The minimum Gasteiger partial charge on any atom is -0.481 e. The molecular formula is C10H8ClFO4. The van der Waals surface area contributed by atoms with Crippen molar-refractivity contribution in [1.82, 2.24) is 0 Å². The molecule has 0 aliphatic heterocycles. The average Bonchev–Trinajstić information content (AvgIpc) is 2.18. The van der Waals surface area contributed by atoms with E-state index < -0.39 is 23.7 Å². The number of carboxylic acids is 2. The van der Waals surface area contributed by atoms with Crippen molar-refractivity contribution in [3.63, 3.8) is 0 Å². The lowest BCUT2D eigenvalue weighted by atomic mass is 10.00. The summed E-state index contributed by atoms with van der Waals surface area (Å²) in [5.74, 6) is -5.06. The van der Waals surface area contributed by atoms with Crippen LogP contribution in [0.2, 0.25) is 5.02 Å². The third kappa shape index (κ3) is 2.93. The molecule has 0 aliphatic rings.